The lowest BCUT2D eigenvalue weighted by molar-refractivity contribution is -0.178. The van der Waals surface area contributed by atoms with Gasteiger partial charge in [-0.1, -0.05) is 24.3 Å². The molecule has 0 aliphatic rings. The van der Waals surface area contributed by atoms with Crippen molar-refractivity contribution in [3.63, 3.8) is 0 Å². The number of aromatic amines is 1. The molecule has 0 radical (unpaired) electrons. The van der Waals surface area contributed by atoms with Crippen LogP contribution in [0.3, 0.4) is 0 Å². The van der Waals surface area contributed by atoms with Crippen LogP contribution < -0.4 is 15.8 Å². The molecule has 0 aliphatic heterocycles. The quantitative estimate of drug-likeness (QED) is 0.161. The fourth-order valence-corrected chi connectivity index (χ4v) is 3.59. The summed E-state index contributed by atoms with van der Waals surface area (Å²) in [6, 6.07) is 7.85. The van der Waals surface area contributed by atoms with Gasteiger partial charge in [0.15, 0.2) is 6.17 Å². The summed E-state index contributed by atoms with van der Waals surface area (Å²) in [5.41, 5.74) is 8.54. The number of ether oxygens (including phenoxy) is 2. The normalized spacial score (nSPS) is 14.5. The van der Waals surface area contributed by atoms with E-state index in [1.165, 1.54) is 6.92 Å². The molecule has 0 fully saturated rings. The summed E-state index contributed by atoms with van der Waals surface area (Å²) in [6.07, 6.45) is -3.61. The number of hydrogen-bond donors (Lipinski definition) is 6. The number of nitrogens with two attached hydrogens (primary N) is 1. The van der Waals surface area contributed by atoms with Crippen molar-refractivity contribution in [3.8, 4) is 5.88 Å². The van der Waals surface area contributed by atoms with Crippen LogP contribution >= 0.6 is 0 Å². The molecule has 1 aromatic heterocycles. The fraction of sp³-hybridized carbons (Fsp3) is 0.560. The molecule has 206 valence electrons. The molecule has 37 heavy (non-hydrogen) atoms. The number of carbonyl (C=O) groups is 2. The van der Waals surface area contributed by atoms with E-state index in [9.17, 15) is 29.3 Å². The number of hydrogen-bond acceptors (Lipinski definition) is 8. The number of amides is 2. The number of primary amides is 1. The van der Waals surface area contributed by atoms with E-state index in [2.05, 4.69) is 15.5 Å². The van der Waals surface area contributed by atoms with Gasteiger partial charge in [-0.15, -0.1) is 5.10 Å². The van der Waals surface area contributed by atoms with Gasteiger partial charge in [0.1, 0.15) is 12.7 Å². The number of aliphatic hydroxyl groups is 3. The average molecular weight is 525 g/mol. The van der Waals surface area contributed by atoms with Gasteiger partial charge in [-0.3, -0.25) is 14.7 Å². The third-order valence-corrected chi connectivity index (χ3v) is 5.72. The number of halogens is 1. The number of alkyl halides is 1. The fourth-order valence-electron chi connectivity index (χ4n) is 3.59. The molecule has 1 heterocycles. The van der Waals surface area contributed by atoms with E-state index in [1.54, 1.807) is 0 Å². The first-order chi connectivity index (χ1) is 17.6. The Bertz CT molecular complexity index is 984. The highest BCUT2D eigenvalue weighted by atomic mass is 19.1. The Morgan fingerprint density at radius 1 is 1.16 bits per heavy atom. The first kappa shape index (κ1) is 30.2. The summed E-state index contributed by atoms with van der Waals surface area (Å²) in [6.45, 7) is 1.97. The number of H-pyrrole nitrogens is 1. The summed E-state index contributed by atoms with van der Waals surface area (Å²) in [4.78, 5) is 22.5. The second-order valence-corrected chi connectivity index (χ2v) is 8.82. The standard InChI is InChI=1S/C25H37FN4O7/c1-15-19(25(30-29-15)37-23(14-32)36-20(13-31)24(26)16(2)33)12-18-8-6-17(7-9-18)4-3-5-22(35)28-11-10-21(27)34/h6-9,16,20,23-24,31-33H,3-5,10-14H2,1-2H3,(H2,27,34)(H,28,35)(H,29,30). The van der Waals surface area contributed by atoms with Crippen LogP contribution in [0.4, 0.5) is 4.39 Å². The zero-order chi connectivity index (χ0) is 27.4. The summed E-state index contributed by atoms with van der Waals surface area (Å²) < 4.78 is 25.1. The minimum absolute atomic E-state index is 0.119. The molecule has 0 saturated heterocycles. The lowest BCUT2D eigenvalue weighted by Crippen LogP contribution is -2.42. The van der Waals surface area contributed by atoms with Gasteiger partial charge in [-0.25, -0.2) is 4.39 Å². The molecule has 1 aromatic carbocycles. The first-order valence-electron chi connectivity index (χ1n) is 12.2. The zero-order valence-corrected chi connectivity index (χ0v) is 21.2. The van der Waals surface area contributed by atoms with Gasteiger partial charge in [0, 0.05) is 37.1 Å². The molecule has 12 heteroatoms. The predicted molar refractivity (Wildman–Crippen MR) is 132 cm³/mol. The third-order valence-electron chi connectivity index (χ3n) is 5.72. The van der Waals surface area contributed by atoms with Gasteiger partial charge in [0.05, 0.1) is 12.7 Å². The van der Waals surface area contributed by atoms with Crippen molar-refractivity contribution in [1.29, 1.82) is 0 Å². The molecule has 4 atom stereocenters. The van der Waals surface area contributed by atoms with Crippen molar-refractivity contribution in [2.75, 3.05) is 19.8 Å². The van der Waals surface area contributed by atoms with E-state index in [-0.39, 0.29) is 24.8 Å². The van der Waals surface area contributed by atoms with E-state index < -0.39 is 43.8 Å². The number of nitrogens with zero attached hydrogens (tertiary/aromatic N) is 1. The summed E-state index contributed by atoms with van der Waals surface area (Å²) in [5.74, 6) is -0.402. The number of rotatable bonds is 17. The number of aryl methyl sites for hydroxylation is 2. The Morgan fingerprint density at radius 3 is 2.43 bits per heavy atom. The van der Waals surface area contributed by atoms with Crippen molar-refractivity contribution in [2.45, 2.75) is 70.6 Å². The number of carbonyl (C=O) groups excluding carboxylic acids is 2. The third kappa shape index (κ3) is 10.1. The molecule has 4 unspecified atom stereocenters. The van der Waals surface area contributed by atoms with Crippen LogP contribution in [0.5, 0.6) is 5.88 Å². The largest absolute Gasteiger partial charge is 0.444 e. The van der Waals surface area contributed by atoms with E-state index in [0.717, 1.165) is 22.4 Å². The molecule has 7 N–H and O–H groups in total. The number of benzene rings is 1. The van der Waals surface area contributed by atoms with Crippen molar-refractivity contribution >= 4 is 11.8 Å². The van der Waals surface area contributed by atoms with Gasteiger partial charge in [-0.05, 0) is 37.8 Å². The van der Waals surface area contributed by atoms with E-state index in [1.807, 2.05) is 31.2 Å². The van der Waals surface area contributed by atoms with Gasteiger partial charge in [0.25, 0.3) is 0 Å². The van der Waals surface area contributed by atoms with Crippen LogP contribution in [0.1, 0.15) is 48.6 Å². The predicted octanol–water partition coefficient (Wildman–Crippen LogP) is 0.417. The lowest BCUT2D eigenvalue weighted by atomic mass is 10.0. The second-order valence-electron chi connectivity index (χ2n) is 8.82. The maximum atomic E-state index is 14.1. The van der Waals surface area contributed by atoms with Gasteiger partial charge in [-0.2, -0.15) is 0 Å². The molecule has 0 spiro atoms. The molecule has 11 nitrogen and oxygen atoms in total. The molecular weight excluding hydrogens is 487 g/mol. The minimum Gasteiger partial charge on any atom is -0.444 e. The van der Waals surface area contributed by atoms with Crippen molar-refractivity contribution in [1.82, 2.24) is 15.5 Å². The topological polar surface area (TPSA) is 180 Å². The average Bonchev–Trinajstić information content (AvgIpc) is 3.20. The second kappa shape index (κ2) is 15.3. The summed E-state index contributed by atoms with van der Waals surface area (Å²) >= 11 is 0. The Hall–Kier alpha value is -3.06. The van der Waals surface area contributed by atoms with Gasteiger partial charge >= 0.3 is 0 Å². The molecule has 0 aliphatic carbocycles. The summed E-state index contributed by atoms with van der Waals surface area (Å²) in [7, 11) is 0. The highest BCUT2D eigenvalue weighted by Gasteiger charge is 2.30. The number of aliphatic hydroxyl groups excluding tert-OH is 3. The Morgan fingerprint density at radius 2 is 1.84 bits per heavy atom. The van der Waals surface area contributed by atoms with Gasteiger partial charge < -0.3 is 35.8 Å². The van der Waals surface area contributed by atoms with Crippen molar-refractivity contribution in [3.05, 3.63) is 46.6 Å². The van der Waals surface area contributed by atoms with Crippen LogP contribution in [0, 0.1) is 6.92 Å². The molecular formula is C25H37FN4O7. The van der Waals surface area contributed by atoms with Crippen LogP contribution in [-0.2, 0) is 27.2 Å². The van der Waals surface area contributed by atoms with Crippen LogP contribution in [0.2, 0.25) is 0 Å². The molecule has 2 amide bonds. The minimum atomic E-state index is -1.86. The molecule has 2 aromatic rings. The number of nitrogens with one attached hydrogen (secondary N) is 2. The van der Waals surface area contributed by atoms with Crippen LogP contribution in [-0.4, -0.2) is 81.8 Å². The first-order valence-corrected chi connectivity index (χ1v) is 12.2. The molecule has 2 rings (SSSR count). The molecule has 0 saturated carbocycles. The zero-order valence-electron chi connectivity index (χ0n) is 21.2. The van der Waals surface area contributed by atoms with Crippen molar-refractivity contribution < 1.29 is 38.8 Å². The van der Waals surface area contributed by atoms with E-state index in [4.69, 9.17) is 15.2 Å². The van der Waals surface area contributed by atoms with E-state index in [0.29, 0.717) is 25.7 Å². The Kier molecular flexibility index (Phi) is 12.4. The van der Waals surface area contributed by atoms with Crippen LogP contribution in [0.15, 0.2) is 24.3 Å². The maximum Gasteiger partial charge on any atom is 0.238 e. The smallest absolute Gasteiger partial charge is 0.238 e. The lowest BCUT2D eigenvalue weighted by Gasteiger charge is -2.26. The molecule has 0 bridgehead atoms. The highest BCUT2D eigenvalue weighted by molar-refractivity contribution is 5.78. The highest BCUT2D eigenvalue weighted by Crippen LogP contribution is 2.24. The monoisotopic (exact) mass is 524 g/mol. The number of aromatic nitrogens is 2. The van der Waals surface area contributed by atoms with Crippen molar-refractivity contribution in [2.24, 2.45) is 5.73 Å². The summed E-state index contributed by atoms with van der Waals surface area (Å²) in [5, 5.41) is 38.1. The Balaban J connectivity index is 1.93. The van der Waals surface area contributed by atoms with Crippen LogP contribution in [0.25, 0.3) is 0 Å². The maximum absolute atomic E-state index is 14.1. The Labute approximate surface area is 215 Å². The van der Waals surface area contributed by atoms with Gasteiger partial charge in [0.2, 0.25) is 24.0 Å². The SMILES string of the molecule is Cc1[nH]nc(OC(CO)OC(CO)C(F)C(C)O)c1Cc1ccc(CCCC(=O)NCCC(N)=O)cc1. The van der Waals surface area contributed by atoms with E-state index >= 15 is 0 Å².